The molecule has 2 aromatic rings. The molecule has 1 fully saturated rings. The summed E-state index contributed by atoms with van der Waals surface area (Å²) in [6.07, 6.45) is 0. The summed E-state index contributed by atoms with van der Waals surface area (Å²) in [7, 11) is 3.28. The van der Waals surface area contributed by atoms with E-state index in [1.807, 2.05) is 61.2 Å². The normalized spacial score (nSPS) is 19.3. The van der Waals surface area contributed by atoms with Crippen molar-refractivity contribution in [2.45, 2.75) is 31.0 Å². The van der Waals surface area contributed by atoms with E-state index in [1.54, 1.807) is 26.0 Å². The quantitative estimate of drug-likeness (QED) is 0.710. The predicted octanol–water partition coefficient (Wildman–Crippen LogP) is 4.27. The van der Waals surface area contributed by atoms with Gasteiger partial charge in [-0.25, -0.2) is 0 Å². The average Bonchev–Trinajstić information content (AvgIpc) is 2.97. The second-order valence-corrected chi connectivity index (χ2v) is 7.68. The minimum absolute atomic E-state index is 0.117. The van der Waals surface area contributed by atoms with Gasteiger partial charge in [0, 0.05) is 6.54 Å². The molecule has 2 aromatic carbocycles. The summed E-state index contributed by atoms with van der Waals surface area (Å²) < 4.78 is 16.6. The SMILES string of the molecule is CCOc1ccc(CN2C(=O)C(C)SC2c2c(OC)cccc2OC)cc1. The highest BCUT2D eigenvalue weighted by Gasteiger charge is 2.41. The van der Waals surface area contributed by atoms with Gasteiger partial charge in [-0.1, -0.05) is 18.2 Å². The molecule has 0 aliphatic carbocycles. The number of hydrogen-bond donors (Lipinski definition) is 0. The maximum atomic E-state index is 12.9. The first-order valence-electron chi connectivity index (χ1n) is 8.97. The Morgan fingerprint density at radius 1 is 1.04 bits per heavy atom. The van der Waals surface area contributed by atoms with E-state index in [4.69, 9.17) is 14.2 Å². The molecular weight excluding hydrogens is 362 g/mol. The van der Waals surface area contributed by atoms with Gasteiger partial charge in [0.2, 0.25) is 5.91 Å². The molecule has 0 N–H and O–H groups in total. The van der Waals surface area contributed by atoms with Gasteiger partial charge >= 0.3 is 0 Å². The Morgan fingerprint density at radius 3 is 2.22 bits per heavy atom. The van der Waals surface area contributed by atoms with Crippen LogP contribution in [0.2, 0.25) is 0 Å². The van der Waals surface area contributed by atoms with E-state index < -0.39 is 0 Å². The first-order valence-corrected chi connectivity index (χ1v) is 9.91. The Morgan fingerprint density at radius 2 is 1.67 bits per heavy atom. The van der Waals surface area contributed by atoms with Crippen LogP contribution < -0.4 is 14.2 Å². The van der Waals surface area contributed by atoms with Crippen molar-refractivity contribution >= 4 is 17.7 Å². The molecule has 6 heteroatoms. The lowest BCUT2D eigenvalue weighted by Gasteiger charge is -2.27. The number of carbonyl (C=O) groups is 1. The maximum Gasteiger partial charge on any atom is 0.236 e. The van der Waals surface area contributed by atoms with E-state index in [1.165, 1.54) is 0 Å². The van der Waals surface area contributed by atoms with E-state index in [2.05, 4.69) is 0 Å². The van der Waals surface area contributed by atoms with E-state index in [0.717, 1.165) is 28.4 Å². The van der Waals surface area contributed by atoms with Crippen LogP contribution in [0.1, 0.15) is 30.3 Å². The van der Waals surface area contributed by atoms with Crippen molar-refractivity contribution in [1.82, 2.24) is 4.90 Å². The molecule has 144 valence electrons. The first-order chi connectivity index (χ1) is 13.1. The molecular formula is C21H25NO4S. The predicted molar refractivity (Wildman–Crippen MR) is 108 cm³/mol. The summed E-state index contributed by atoms with van der Waals surface area (Å²) in [4.78, 5) is 14.8. The van der Waals surface area contributed by atoms with Crippen LogP contribution in [0, 0.1) is 0 Å². The molecule has 1 amide bonds. The molecule has 5 nitrogen and oxygen atoms in total. The molecule has 1 aliphatic heterocycles. The van der Waals surface area contributed by atoms with Crippen LogP contribution in [-0.4, -0.2) is 36.9 Å². The zero-order valence-electron chi connectivity index (χ0n) is 16.1. The number of carbonyl (C=O) groups excluding carboxylic acids is 1. The molecule has 1 heterocycles. The van der Waals surface area contributed by atoms with Crippen LogP contribution in [0.3, 0.4) is 0 Å². The molecule has 0 bridgehead atoms. The molecule has 0 saturated carbocycles. The number of thioether (sulfide) groups is 1. The molecule has 1 aliphatic rings. The standard InChI is InChI=1S/C21H25NO4S/c1-5-26-16-11-9-15(10-12-16)13-22-20(23)14(2)27-21(22)19-17(24-3)7-6-8-18(19)25-4/h6-12,14,21H,5,13H2,1-4H3. The summed E-state index contributed by atoms with van der Waals surface area (Å²) in [5.41, 5.74) is 1.96. The van der Waals surface area contributed by atoms with Gasteiger partial charge in [0.05, 0.1) is 31.6 Å². The number of amides is 1. The summed E-state index contributed by atoms with van der Waals surface area (Å²) in [5, 5.41) is -0.280. The van der Waals surface area contributed by atoms with Crippen LogP contribution in [-0.2, 0) is 11.3 Å². The molecule has 1 saturated heterocycles. The highest BCUT2D eigenvalue weighted by Crippen LogP contribution is 2.49. The lowest BCUT2D eigenvalue weighted by Crippen LogP contribution is -2.30. The maximum absolute atomic E-state index is 12.9. The van der Waals surface area contributed by atoms with Crippen LogP contribution >= 0.6 is 11.8 Å². The number of nitrogens with zero attached hydrogens (tertiary/aromatic N) is 1. The Hall–Kier alpha value is -2.34. The molecule has 27 heavy (non-hydrogen) atoms. The number of hydrogen-bond acceptors (Lipinski definition) is 5. The summed E-state index contributed by atoms with van der Waals surface area (Å²) >= 11 is 1.62. The van der Waals surface area contributed by atoms with Gasteiger partial charge in [-0.05, 0) is 43.7 Å². The Balaban J connectivity index is 1.92. The molecule has 3 rings (SSSR count). The van der Waals surface area contributed by atoms with Gasteiger partial charge in [0.25, 0.3) is 0 Å². The van der Waals surface area contributed by atoms with E-state index in [0.29, 0.717) is 13.2 Å². The van der Waals surface area contributed by atoms with Crippen molar-refractivity contribution in [2.75, 3.05) is 20.8 Å². The van der Waals surface area contributed by atoms with Crippen LogP contribution in [0.15, 0.2) is 42.5 Å². The fraction of sp³-hybridized carbons (Fsp3) is 0.381. The van der Waals surface area contributed by atoms with Crippen molar-refractivity contribution in [1.29, 1.82) is 0 Å². The van der Waals surface area contributed by atoms with Gasteiger partial charge < -0.3 is 19.1 Å². The zero-order valence-corrected chi connectivity index (χ0v) is 16.9. The number of rotatable bonds is 7. The average molecular weight is 388 g/mol. The Labute approximate surface area is 164 Å². The van der Waals surface area contributed by atoms with Gasteiger partial charge in [-0.3, -0.25) is 4.79 Å². The topological polar surface area (TPSA) is 48.0 Å². The van der Waals surface area contributed by atoms with Gasteiger partial charge in [-0.2, -0.15) is 0 Å². The Kier molecular flexibility index (Phi) is 6.16. The largest absolute Gasteiger partial charge is 0.496 e. The van der Waals surface area contributed by atoms with Crippen molar-refractivity contribution in [3.8, 4) is 17.2 Å². The third-order valence-corrected chi connectivity index (χ3v) is 5.90. The van der Waals surface area contributed by atoms with E-state index >= 15 is 0 Å². The Bertz CT molecular complexity index is 771. The highest BCUT2D eigenvalue weighted by molar-refractivity contribution is 8.01. The fourth-order valence-corrected chi connectivity index (χ4v) is 4.57. The summed E-state index contributed by atoms with van der Waals surface area (Å²) in [5.74, 6) is 2.41. The smallest absolute Gasteiger partial charge is 0.236 e. The number of methoxy groups -OCH3 is 2. The zero-order chi connectivity index (χ0) is 19.4. The van der Waals surface area contributed by atoms with E-state index in [-0.39, 0.29) is 16.5 Å². The van der Waals surface area contributed by atoms with Gasteiger partial charge in [-0.15, -0.1) is 11.8 Å². The minimum atomic E-state index is -0.162. The molecule has 0 spiro atoms. The first kappa shape index (κ1) is 19.4. The van der Waals surface area contributed by atoms with Crippen LogP contribution in [0.4, 0.5) is 0 Å². The number of ether oxygens (including phenoxy) is 3. The number of benzene rings is 2. The molecule has 2 unspecified atom stereocenters. The highest BCUT2D eigenvalue weighted by atomic mass is 32.2. The van der Waals surface area contributed by atoms with Gasteiger partial charge in [0.1, 0.15) is 22.6 Å². The molecule has 2 atom stereocenters. The van der Waals surface area contributed by atoms with E-state index in [9.17, 15) is 4.79 Å². The summed E-state index contributed by atoms with van der Waals surface area (Å²) in [6, 6.07) is 13.6. The van der Waals surface area contributed by atoms with Crippen molar-refractivity contribution in [3.05, 3.63) is 53.6 Å². The van der Waals surface area contributed by atoms with Crippen molar-refractivity contribution in [3.63, 3.8) is 0 Å². The monoisotopic (exact) mass is 387 g/mol. The minimum Gasteiger partial charge on any atom is -0.496 e. The second kappa shape index (κ2) is 8.57. The lowest BCUT2D eigenvalue weighted by molar-refractivity contribution is -0.130. The molecule has 0 aromatic heterocycles. The van der Waals surface area contributed by atoms with Crippen LogP contribution in [0.25, 0.3) is 0 Å². The third kappa shape index (κ3) is 4.00. The lowest BCUT2D eigenvalue weighted by atomic mass is 10.1. The molecule has 0 radical (unpaired) electrons. The van der Waals surface area contributed by atoms with Gasteiger partial charge in [0.15, 0.2) is 0 Å². The fourth-order valence-electron chi connectivity index (χ4n) is 3.24. The second-order valence-electron chi connectivity index (χ2n) is 6.25. The van der Waals surface area contributed by atoms with Crippen molar-refractivity contribution < 1.29 is 19.0 Å². The van der Waals surface area contributed by atoms with Crippen LogP contribution in [0.5, 0.6) is 17.2 Å². The summed E-state index contributed by atoms with van der Waals surface area (Å²) in [6.45, 7) is 5.06. The third-order valence-electron chi connectivity index (χ3n) is 4.55. The van der Waals surface area contributed by atoms with Crippen molar-refractivity contribution in [2.24, 2.45) is 0 Å².